The molecule has 0 spiro atoms. The van der Waals surface area contributed by atoms with Crippen LogP contribution in [0.1, 0.15) is 13.3 Å². The summed E-state index contributed by atoms with van der Waals surface area (Å²) in [5.41, 5.74) is 0.520. The summed E-state index contributed by atoms with van der Waals surface area (Å²) in [7, 11) is 0. The summed E-state index contributed by atoms with van der Waals surface area (Å²) >= 11 is 4.31. The van der Waals surface area contributed by atoms with Crippen LogP contribution in [-0.4, -0.2) is 22.8 Å². The molecule has 2 rings (SSSR count). The fourth-order valence-corrected chi connectivity index (χ4v) is 3.32. The van der Waals surface area contributed by atoms with Crippen molar-refractivity contribution in [3.8, 4) is 0 Å². The van der Waals surface area contributed by atoms with E-state index in [9.17, 15) is 14.0 Å². The smallest absolute Gasteiger partial charge is 0.228 e. The molecular formula is C12H11BrFNO2S. The van der Waals surface area contributed by atoms with Gasteiger partial charge in [-0.1, -0.05) is 17.8 Å². The average Bonchev–Trinajstić information content (AvgIpc) is 2.62. The minimum absolute atomic E-state index is 0.00652. The molecule has 1 aliphatic rings. The van der Waals surface area contributed by atoms with Crippen molar-refractivity contribution in [3.05, 3.63) is 28.5 Å². The quantitative estimate of drug-likeness (QED) is 0.836. The van der Waals surface area contributed by atoms with E-state index in [1.807, 2.05) is 0 Å². The Hall–Kier alpha value is -0.880. The van der Waals surface area contributed by atoms with Crippen LogP contribution in [0.4, 0.5) is 10.1 Å². The molecule has 1 aliphatic heterocycles. The molecule has 1 heterocycles. The minimum atomic E-state index is -0.400. The van der Waals surface area contributed by atoms with E-state index in [-0.39, 0.29) is 20.7 Å². The van der Waals surface area contributed by atoms with E-state index in [0.717, 1.165) is 11.8 Å². The van der Waals surface area contributed by atoms with Crippen LogP contribution in [0.25, 0.3) is 0 Å². The van der Waals surface area contributed by atoms with Crippen LogP contribution in [0.3, 0.4) is 0 Å². The topological polar surface area (TPSA) is 37.4 Å². The van der Waals surface area contributed by atoms with Crippen LogP contribution >= 0.6 is 27.7 Å². The normalized spacial score (nSPS) is 19.4. The Kier molecular flexibility index (Phi) is 4.07. The average molecular weight is 332 g/mol. The summed E-state index contributed by atoms with van der Waals surface area (Å²) in [6.45, 7) is 1.92. The van der Waals surface area contributed by atoms with Gasteiger partial charge in [-0.2, -0.15) is 0 Å². The summed E-state index contributed by atoms with van der Waals surface area (Å²) in [5.74, 6) is -0.483. The highest BCUT2D eigenvalue weighted by atomic mass is 79.9. The number of carbonyl (C=O) groups is 2. The van der Waals surface area contributed by atoms with Gasteiger partial charge in [0.2, 0.25) is 5.91 Å². The van der Waals surface area contributed by atoms with E-state index < -0.39 is 5.82 Å². The molecule has 1 fully saturated rings. The third-order valence-electron chi connectivity index (χ3n) is 2.64. The number of halogens is 2. The van der Waals surface area contributed by atoms with Gasteiger partial charge in [0.1, 0.15) is 5.82 Å². The summed E-state index contributed by atoms with van der Waals surface area (Å²) in [6.07, 6.45) is 0.313. The molecule has 1 saturated heterocycles. The Morgan fingerprint density at radius 1 is 1.56 bits per heavy atom. The fourth-order valence-electron chi connectivity index (χ4n) is 1.92. The van der Waals surface area contributed by atoms with E-state index in [0.29, 0.717) is 18.7 Å². The van der Waals surface area contributed by atoms with Gasteiger partial charge in [0.25, 0.3) is 0 Å². The first-order valence-corrected chi connectivity index (χ1v) is 7.08. The molecule has 18 heavy (non-hydrogen) atoms. The molecular weight excluding hydrogens is 321 g/mol. The minimum Gasteiger partial charge on any atom is -0.310 e. The van der Waals surface area contributed by atoms with Gasteiger partial charge in [-0.05, 0) is 28.1 Å². The highest BCUT2D eigenvalue weighted by molar-refractivity contribution is 9.10. The molecule has 0 aliphatic carbocycles. The van der Waals surface area contributed by atoms with Crippen LogP contribution < -0.4 is 4.90 Å². The van der Waals surface area contributed by atoms with Crippen molar-refractivity contribution in [3.63, 3.8) is 0 Å². The molecule has 1 unspecified atom stereocenters. The predicted molar refractivity (Wildman–Crippen MR) is 73.1 cm³/mol. The standard InChI is InChI=1S/C12H11BrFNO2S/c1-7(16)18-8-5-11(17)15(6-8)10-4-2-3-9(14)12(10)13/h2-4,8H,5-6H2,1H3. The number of amides is 1. The van der Waals surface area contributed by atoms with Crippen LogP contribution in [0.2, 0.25) is 0 Å². The van der Waals surface area contributed by atoms with Crippen molar-refractivity contribution < 1.29 is 14.0 Å². The lowest BCUT2D eigenvalue weighted by Crippen LogP contribution is -2.25. The number of carbonyl (C=O) groups excluding carboxylic acids is 2. The third-order valence-corrected chi connectivity index (χ3v) is 4.41. The molecule has 3 nitrogen and oxygen atoms in total. The summed E-state index contributed by atoms with van der Waals surface area (Å²) in [6, 6.07) is 4.58. The first kappa shape index (κ1) is 13.5. The molecule has 0 radical (unpaired) electrons. The monoisotopic (exact) mass is 331 g/mol. The maximum atomic E-state index is 13.4. The van der Waals surface area contributed by atoms with Crippen LogP contribution in [-0.2, 0) is 9.59 Å². The predicted octanol–water partition coefficient (Wildman–Crippen LogP) is 2.97. The van der Waals surface area contributed by atoms with Gasteiger partial charge in [-0.25, -0.2) is 4.39 Å². The maximum Gasteiger partial charge on any atom is 0.228 e. The molecule has 0 saturated carbocycles. The number of hydrogen-bond donors (Lipinski definition) is 0. The Labute approximate surface area is 117 Å². The summed E-state index contributed by atoms with van der Waals surface area (Å²) < 4.78 is 13.7. The number of rotatable bonds is 2. The van der Waals surface area contributed by atoms with Gasteiger partial charge in [0.05, 0.1) is 10.2 Å². The van der Waals surface area contributed by atoms with Gasteiger partial charge in [-0.15, -0.1) is 0 Å². The highest BCUT2D eigenvalue weighted by Gasteiger charge is 2.33. The van der Waals surface area contributed by atoms with E-state index in [1.165, 1.54) is 17.9 Å². The van der Waals surface area contributed by atoms with Crippen molar-refractivity contribution in [2.24, 2.45) is 0 Å². The van der Waals surface area contributed by atoms with Crippen LogP contribution in [0.15, 0.2) is 22.7 Å². The van der Waals surface area contributed by atoms with E-state index in [2.05, 4.69) is 15.9 Å². The zero-order valence-corrected chi connectivity index (χ0v) is 12.1. The molecule has 0 N–H and O–H groups in total. The molecule has 1 aromatic carbocycles. The Balaban J connectivity index is 2.22. The van der Waals surface area contributed by atoms with Crippen molar-refractivity contribution >= 4 is 44.4 Å². The highest BCUT2D eigenvalue weighted by Crippen LogP contribution is 2.34. The largest absolute Gasteiger partial charge is 0.310 e. The number of benzene rings is 1. The lowest BCUT2D eigenvalue weighted by atomic mass is 10.3. The molecule has 1 atom stereocenters. The zero-order valence-electron chi connectivity index (χ0n) is 9.65. The Morgan fingerprint density at radius 2 is 2.28 bits per heavy atom. The molecule has 0 bridgehead atoms. The van der Waals surface area contributed by atoms with Crippen molar-refractivity contribution in [1.82, 2.24) is 0 Å². The van der Waals surface area contributed by atoms with E-state index >= 15 is 0 Å². The first-order valence-electron chi connectivity index (χ1n) is 5.40. The summed E-state index contributed by atoms with van der Waals surface area (Å²) in [4.78, 5) is 24.4. The third kappa shape index (κ3) is 2.75. The van der Waals surface area contributed by atoms with Gasteiger partial charge in [-0.3, -0.25) is 9.59 Å². The number of anilines is 1. The van der Waals surface area contributed by atoms with Gasteiger partial charge in [0, 0.05) is 25.1 Å². The van der Waals surface area contributed by atoms with E-state index in [4.69, 9.17) is 0 Å². The van der Waals surface area contributed by atoms with E-state index in [1.54, 1.807) is 12.1 Å². The zero-order chi connectivity index (χ0) is 13.3. The van der Waals surface area contributed by atoms with Crippen LogP contribution in [0.5, 0.6) is 0 Å². The molecule has 96 valence electrons. The second-order valence-electron chi connectivity index (χ2n) is 4.01. The lowest BCUT2D eigenvalue weighted by molar-refractivity contribution is -0.117. The second kappa shape index (κ2) is 5.40. The maximum absolute atomic E-state index is 13.4. The molecule has 1 aromatic rings. The lowest BCUT2D eigenvalue weighted by Gasteiger charge is -2.18. The SMILES string of the molecule is CC(=O)SC1CC(=O)N(c2cccc(F)c2Br)C1. The number of thioether (sulfide) groups is 1. The van der Waals surface area contributed by atoms with Crippen molar-refractivity contribution in [2.75, 3.05) is 11.4 Å². The number of hydrogen-bond acceptors (Lipinski definition) is 3. The molecule has 6 heteroatoms. The molecule has 0 aromatic heterocycles. The number of nitrogens with zero attached hydrogens (tertiary/aromatic N) is 1. The van der Waals surface area contributed by atoms with Crippen molar-refractivity contribution in [1.29, 1.82) is 0 Å². The second-order valence-corrected chi connectivity index (χ2v) is 6.28. The Bertz CT molecular complexity index is 509. The fraction of sp³-hybridized carbons (Fsp3) is 0.333. The van der Waals surface area contributed by atoms with Gasteiger partial charge in [0.15, 0.2) is 5.12 Å². The first-order chi connectivity index (χ1) is 8.49. The van der Waals surface area contributed by atoms with Gasteiger partial charge < -0.3 is 4.90 Å². The van der Waals surface area contributed by atoms with Crippen molar-refractivity contribution in [2.45, 2.75) is 18.6 Å². The summed E-state index contributed by atoms with van der Waals surface area (Å²) in [5, 5.41) is -0.0573. The Morgan fingerprint density at radius 3 is 2.94 bits per heavy atom. The van der Waals surface area contributed by atoms with Gasteiger partial charge >= 0.3 is 0 Å². The van der Waals surface area contributed by atoms with Crippen LogP contribution in [0, 0.1) is 5.82 Å². The molecule has 1 amide bonds.